The quantitative estimate of drug-likeness (QED) is 0.329. The zero-order valence-corrected chi connectivity index (χ0v) is 18.4. The van der Waals surface area contributed by atoms with Crippen molar-refractivity contribution >= 4 is 0 Å². The van der Waals surface area contributed by atoms with Crippen LogP contribution in [0.15, 0.2) is 30.6 Å². The summed E-state index contributed by atoms with van der Waals surface area (Å²) < 4.78 is 2.46. The molecular weight excluding hydrogens is 340 g/mol. The zero-order valence-electron chi connectivity index (χ0n) is 17.6. The Kier molecular flexibility index (Phi) is 22.0. The largest absolute Gasteiger partial charge is 1.00 e. The number of halogens is 1. The molecule has 0 aliphatic rings. The number of hydrogen-bond donors (Lipinski definition) is 1. The van der Waals surface area contributed by atoms with Gasteiger partial charge < -0.3 is 18.6 Å². The monoisotopic (exact) mass is 384 g/mol. The Bertz CT molecular complexity index is 370. The predicted octanol–water partition coefficient (Wildman–Crippen LogP) is 4.57. The summed E-state index contributed by atoms with van der Waals surface area (Å²) in [7, 11) is 0. The second-order valence-corrected chi connectivity index (χ2v) is 7.44. The smallest absolute Gasteiger partial charge is 0.169 e. The Balaban J connectivity index is 0. The molecule has 0 spiro atoms. The minimum atomic E-state index is 0. The molecule has 154 valence electrons. The van der Waals surface area contributed by atoms with Crippen LogP contribution in [0.3, 0.4) is 0 Å². The van der Waals surface area contributed by atoms with E-state index in [9.17, 15) is 0 Å². The van der Waals surface area contributed by atoms with E-state index in [0.29, 0.717) is 6.04 Å². The lowest BCUT2D eigenvalue weighted by atomic mass is 9.99. The van der Waals surface area contributed by atoms with Gasteiger partial charge in [0.05, 0.1) is 0 Å². The number of aromatic nitrogens is 1. The van der Waals surface area contributed by atoms with Crippen LogP contribution in [-0.2, 0) is 0 Å². The number of pyridine rings is 1. The van der Waals surface area contributed by atoms with Crippen molar-refractivity contribution in [2.24, 2.45) is 0 Å². The minimum absolute atomic E-state index is 0. The molecule has 0 aromatic carbocycles. The second-order valence-electron chi connectivity index (χ2n) is 7.44. The highest BCUT2D eigenvalue weighted by atomic mass is 35.5. The van der Waals surface area contributed by atoms with E-state index in [0.717, 1.165) is 0 Å². The Hall–Kier alpha value is -0.600. The lowest BCUT2D eigenvalue weighted by molar-refractivity contribution is -0.724. The van der Waals surface area contributed by atoms with Crippen molar-refractivity contribution in [3.05, 3.63) is 30.6 Å². The first-order chi connectivity index (χ1) is 11.9. The minimum Gasteiger partial charge on any atom is -1.00 e. The molecule has 1 unspecified atom stereocenters. The summed E-state index contributed by atoms with van der Waals surface area (Å²) in [6.07, 6.45) is 25.6. The van der Waals surface area contributed by atoms with Crippen molar-refractivity contribution in [3.63, 3.8) is 0 Å². The molecule has 0 saturated carbocycles. The molecule has 0 aliphatic heterocycles. The van der Waals surface area contributed by atoms with Crippen molar-refractivity contribution in [2.75, 3.05) is 0 Å². The zero-order chi connectivity index (χ0) is 17.3. The molecule has 3 heteroatoms. The first kappa shape index (κ1) is 27.6. The number of rotatable bonds is 16. The van der Waals surface area contributed by atoms with E-state index in [-0.39, 0.29) is 18.6 Å². The molecular formula is C23H45ClN2. The highest BCUT2D eigenvalue weighted by molar-refractivity contribution is 4.84. The van der Waals surface area contributed by atoms with Gasteiger partial charge in [-0.3, -0.25) is 0 Å². The Labute approximate surface area is 170 Å². The maximum Gasteiger partial charge on any atom is 0.169 e. The number of hydrogen-bond acceptors (Lipinski definition) is 1. The van der Waals surface area contributed by atoms with Gasteiger partial charge in [-0.05, 0) is 12.8 Å². The molecule has 0 amide bonds. The summed E-state index contributed by atoms with van der Waals surface area (Å²) in [5.74, 6) is 0. The van der Waals surface area contributed by atoms with E-state index in [1.54, 1.807) is 0 Å². The molecule has 1 aromatic rings. The third-order valence-corrected chi connectivity index (χ3v) is 5.19. The Morgan fingerprint density at radius 1 is 0.577 bits per heavy atom. The molecule has 1 aromatic heterocycles. The SMILES string of the molecule is CCCCCCCCCC(CCCCCCCC)[n+]1ccccc1.N.[Cl-]. The van der Waals surface area contributed by atoms with Gasteiger partial charge in [0, 0.05) is 25.0 Å². The van der Waals surface area contributed by atoms with Gasteiger partial charge in [-0.15, -0.1) is 0 Å². The molecule has 0 fully saturated rings. The van der Waals surface area contributed by atoms with E-state index >= 15 is 0 Å². The van der Waals surface area contributed by atoms with Gasteiger partial charge in [-0.25, -0.2) is 4.57 Å². The molecule has 3 N–H and O–H groups in total. The topological polar surface area (TPSA) is 38.9 Å². The van der Waals surface area contributed by atoms with E-state index in [4.69, 9.17) is 0 Å². The van der Waals surface area contributed by atoms with Crippen LogP contribution in [0.5, 0.6) is 0 Å². The van der Waals surface area contributed by atoms with Crippen LogP contribution >= 0.6 is 0 Å². The molecule has 1 atom stereocenters. The van der Waals surface area contributed by atoms with Gasteiger partial charge in [-0.2, -0.15) is 0 Å². The summed E-state index contributed by atoms with van der Waals surface area (Å²) in [5.41, 5.74) is 0. The molecule has 0 bridgehead atoms. The van der Waals surface area contributed by atoms with Gasteiger partial charge in [0.25, 0.3) is 0 Å². The van der Waals surface area contributed by atoms with E-state index in [2.05, 4.69) is 49.0 Å². The third-order valence-electron chi connectivity index (χ3n) is 5.19. The molecule has 1 heterocycles. The highest BCUT2D eigenvalue weighted by Crippen LogP contribution is 2.19. The molecule has 1 rings (SSSR count). The van der Waals surface area contributed by atoms with Crippen molar-refractivity contribution in [3.8, 4) is 0 Å². The summed E-state index contributed by atoms with van der Waals surface area (Å²) in [6, 6.07) is 7.21. The maximum absolute atomic E-state index is 2.46. The van der Waals surface area contributed by atoms with Gasteiger partial charge >= 0.3 is 0 Å². The molecule has 0 radical (unpaired) electrons. The van der Waals surface area contributed by atoms with Crippen LogP contribution in [0.25, 0.3) is 0 Å². The average Bonchev–Trinajstić information content (AvgIpc) is 2.62. The number of nitrogens with zero attached hydrogens (tertiary/aromatic N) is 1. The highest BCUT2D eigenvalue weighted by Gasteiger charge is 2.16. The van der Waals surface area contributed by atoms with Crippen LogP contribution in [0.1, 0.15) is 116 Å². The van der Waals surface area contributed by atoms with Crippen LogP contribution in [0, 0.1) is 0 Å². The number of unbranched alkanes of at least 4 members (excludes halogenated alkanes) is 11. The standard InChI is InChI=1S/C23H42N.ClH.H3N/c1-3-5-7-9-11-13-16-20-23(24-21-17-14-18-22-24)19-15-12-10-8-6-4-2;;/h14,17-18,21-23H,3-13,15-16,19-20H2,1-2H3;1H;1H3/q+1;;/p-1. The van der Waals surface area contributed by atoms with Crippen molar-refractivity contribution in [2.45, 2.75) is 116 Å². The summed E-state index contributed by atoms with van der Waals surface area (Å²) in [4.78, 5) is 0. The van der Waals surface area contributed by atoms with Crippen LogP contribution < -0.4 is 23.1 Å². The molecule has 0 saturated heterocycles. The van der Waals surface area contributed by atoms with Crippen molar-refractivity contribution in [1.29, 1.82) is 0 Å². The maximum atomic E-state index is 2.46. The van der Waals surface area contributed by atoms with Crippen LogP contribution in [-0.4, -0.2) is 0 Å². The van der Waals surface area contributed by atoms with Crippen molar-refractivity contribution in [1.82, 2.24) is 6.15 Å². The van der Waals surface area contributed by atoms with Gasteiger partial charge in [-0.1, -0.05) is 90.5 Å². The Morgan fingerprint density at radius 2 is 0.962 bits per heavy atom. The average molecular weight is 385 g/mol. The second kappa shape index (κ2) is 20.7. The summed E-state index contributed by atoms with van der Waals surface area (Å²) >= 11 is 0. The van der Waals surface area contributed by atoms with Crippen LogP contribution in [0.4, 0.5) is 0 Å². The van der Waals surface area contributed by atoms with Crippen LogP contribution in [0.2, 0.25) is 0 Å². The predicted molar refractivity (Wildman–Crippen MR) is 111 cm³/mol. The van der Waals surface area contributed by atoms with Gasteiger partial charge in [0.1, 0.15) is 0 Å². The lowest BCUT2D eigenvalue weighted by Crippen LogP contribution is -3.00. The van der Waals surface area contributed by atoms with E-state index in [1.807, 2.05) is 0 Å². The first-order valence-electron chi connectivity index (χ1n) is 10.8. The summed E-state index contributed by atoms with van der Waals surface area (Å²) in [5, 5.41) is 0. The lowest BCUT2D eigenvalue weighted by Gasteiger charge is -2.12. The van der Waals surface area contributed by atoms with E-state index < -0.39 is 0 Å². The first-order valence-corrected chi connectivity index (χ1v) is 10.8. The summed E-state index contributed by atoms with van der Waals surface area (Å²) in [6.45, 7) is 4.59. The fourth-order valence-corrected chi connectivity index (χ4v) is 3.60. The van der Waals surface area contributed by atoms with Gasteiger partial charge in [0.2, 0.25) is 0 Å². The molecule has 26 heavy (non-hydrogen) atoms. The third kappa shape index (κ3) is 14.6. The molecule has 2 nitrogen and oxygen atoms in total. The van der Waals surface area contributed by atoms with Gasteiger partial charge in [0.15, 0.2) is 18.4 Å². The Morgan fingerprint density at radius 3 is 1.38 bits per heavy atom. The molecule has 0 aliphatic carbocycles. The van der Waals surface area contributed by atoms with Crippen molar-refractivity contribution < 1.29 is 17.0 Å². The van der Waals surface area contributed by atoms with E-state index in [1.165, 1.54) is 96.3 Å². The fraction of sp³-hybridized carbons (Fsp3) is 0.783. The normalized spacial score (nSPS) is 11.5. The fourth-order valence-electron chi connectivity index (χ4n) is 3.60.